The highest BCUT2D eigenvalue weighted by molar-refractivity contribution is 7.98. The Hall–Kier alpha value is -0.350. The molecule has 0 aromatic heterocycles. The van der Waals surface area contributed by atoms with Crippen LogP contribution in [0.2, 0.25) is 10.0 Å². The molecular weight excluding hydrogens is 301 g/mol. The lowest BCUT2D eigenvalue weighted by molar-refractivity contribution is 0.359. The van der Waals surface area contributed by atoms with Crippen molar-refractivity contribution < 1.29 is 4.74 Å². The van der Waals surface area contributed by atoms with Gasteiger partial charge in [0.2, 0.25) is 0 Å². The Labute approximate surface area is 129 Å². The Morgan fingerprint density at radius 2 is 1.95 bits per heavy atom. The molecule has 0 aliphatic heterocycles. The minimum atomic E-state index is 0.151. The van der Waals surface area contributed by atoms with E-state index < -0.39 is 0 Å². The second-order valence-electron chi connectivity index (χ2n) is 5.01. The molecule has 0 bridgehead atoms. The van der Waals surface area contributed by atoms with E-state index in [-0.39, 0.29) is 4.75 Å². The first-order chi connectivity index (χ1) is 8.83. The van der Waals surface area contributed by atoms with Gasteiger partial charge in [0.15, 0.2) is 0 Å². The van der Waals surface area contributed by atoms with Gasteiger partial charge in [0.1, 0.15) is 12.4 Å². The molecule has 0 amide bonds. The summed E-state index contributed by atoms with van der Waals surface area (Å²) in [5.74, 6) is 0.733. The van der Waals surface area contributed by atoms with E-state index in [1.165, 1.54) is 0 Å². The standard InChI is InChI=1S/C14H19Cl2NOS/c1-5-6-18-13-8-12(16)11(15)7-10(13)9-17-19-14(2,3)4/h5,7-8,17H,1,6,9H2,2-4H3. The number of hydrogen-bond acceptors (Lipinski definition) is 3. The summed E-state index contributed by atoms with van der Waals surface area (Å²) in [6, 6.07) is 3.57. The minimum Gasteiger partial charge on any atom is -0.489 e. The van der Waals surface area contributed by atoms with Crippen molar-refractivity contribution in [2.75, 3.05) is 6.61 Å². The molecule has 1 aromatic carbocycles. The van der Waals surface area contributed by atoms with E-state index >= 15 is 0 Å². The summed E-state index contributed by atoms with van der Waals surface area (Å²) in [4.78, 5) is 0. The van der Waals surface area contributed by atoms with Gasteiger partial charge in [-0.05, 0) is 26.8 Å². The molecule has 1 N–H and O–H groups in total. The first-order valence-corrected chi connectivity index (χ1v) is 7.53. The van der Waals surface area contributed by atoms with Gasteiger partial charge in [0, 0.05) is 22.9 Å². The van der Waals surface area contributed by atoms with E-state index in [9.17, 15) is 0 Å². The normalized spacial score (nSPS) is 11.4. The average molecular weight is 320 g/mol. The number of hydrogen-bond donors (Lipinski definition) is 1. The number of halogens is 2. The molecule has 0 spiro atoms. The molecule has 0 atom stereocenters. The van der Waals surface area contributed by atoms with Gasteiger partial charge in [-0.2, -0.15) is 0 Å². The van der Waals surface area contributed by atoms with E-state index in [1.807, 2.05) is 6.07 Å². The highest BCUT2D eigenvalue weighted by atomic mass is 35.5. The third-order valence-electron chi connectivity index (χ3n) is 2.10. The van der Waals surface area contributed by atoms with Crippen molar-refractivity contribution in [3.05, 3.63) is 40.4 Å². The van der Waals surface area contributed by atoms with Crippen LogP contribution in [0.4, 0.5) is 0 Å². The van der Waals surface area contributed by atoms with E-state index in [1.54, 1.807) is 24.1 Å². The van der Waals surface area contributed by atoms with E-state index in [2.05, 4.69) is 32.1 Å². The molecule has 0 unspecified atom stereocenters. The zero-order valence-electron chi connectivity index (χ0n) is 11.4. The van der Waals surface area contributed by atoms with Crippen LogP contribution in [-0.2, 0) is 6.54 Å². The van der Waals surface area contributed by atoms with Gasteiger partial charge in [0.25, 0.3) is 0 Å². The van der Waals surface area contributed by atoms with Crippen molar-refractivity contribution in [2.45, 2.75) is 32.1 Å². The second kappa shape index (κ2) is 7.44. The van der Waals surface area contributed by atoms with Gasteiger partial charge in [0.05, 0.1) is 10.0 Å². The summed E-state index contributed by atoms with van der Waals surface area (Å²) >= 11 is 13.7. The summed E-state index contributed by atoms with van der Waals surface area (Å²) in [7, 11) is 0. The largest absolute Gasteiger partial charge is 0.489 e. The fourth-order valence-corrected chi connectivity index (χ4v) is 2.32. The maximum Gasteiger partial charge on any atom is 0.125 e. The Bertz CT molecular complexity index is 444. The van der Waals surface area contributed by atoms with E-state index in [4.69, 9.17) is 27.9 Å². The van der Waals surface area contributed by atoms with Gasteiger partial charge in [-0.1, -0.05) is 47.8 Å². The predicted octanol–water partition coefficient (Wildman–Crippen LogP) is 5.09. The van der Waals surface area contributed by atoms with Crippen LogP contribution in [0.25, 0.3) is 0 Å². The number of nitrogens with one attached hydrogen (secondary N) is 1. The molecule has 0 radical (unpaired) electrons. The molecule has 0 aliphatic carbocycles. The fourth-order valence-electron chi connectivity index (χ4n) is 1.32. The summed E-state index contributed by atoms with van der Waals surface area (Å²) < 4.78 is 9.06. The Morgan fingerprint density at radius 3 is 2.53 bits per heavy atom. The van der Waals surface area contributed by atoms with Crippen molar-refractivity contribution in [1.29, 1.82) is 0 Å². The zero-order valence-corrected chi connectivity index (χ0v) is 13.8. The maximum atomic E-state index is 6.05. The molecule has 0 aliphatic rings. The van der Waals surface area contributed by atoms with Crippen molar-refractivity contribution in [3.63, 3.8) is 0 Å². The van der Waals surface area contributed by atoms with Crippen LogP contribution in [0, 0.1) is 0 Å². The number of rotatable bonds is 6. The molecule has 0 saturated carbocycles. The lowest BCUT2D eigenvalue weighted by Crippen LogP contribution is -2.17. The van der Waals surface area contributed by atoms with Crippen LogP contribution >= 0.6 is 35.1 Å². The highest BCUT2D eigenvalue weighted by Crippen LogP contribution is 2.31. The fraction of sp³-hybridized carbons (Fsp3) is 0.429. The van der Waals surface area contributed by atoms with Gasteiger partial charge in [-0.25, -0.2) is 0 Å². The topological polar surface area (TPSA) is 21.3 Å². The lowest BCUT2D eigenvalue weighted by Gasteiger charge is -2.19. The van der Waals surface area contributed by atoms with Gasteiger partial charge >= 0.3 is 0 Å². The third-order valence-corrected chi connectivity index (χ3v) is 3.72. The Morgan fingerprint density at radius 1 is 1.32 bits per heavy atom. The molecular formula is C14H19Cl2NOS. The van der Waals surface area contributed by atoms with Crippen LogP contribution in [0.3, 0.4) is 0 Å². The van der Waals surface area contributed by atoms with Crippen molar-refractivity contribution in [3.8, 4) is 5.75 Å². The van der Waals surface area contributed by atoms with Gasteiger partial charge in [-0.3, -0.25) is 4.72 Å². The molecule has 106 valence electrons. The molecule has 0 saturated heterocycles. The van der Waals surface area contributed by atoms with E-state index in [0.29, 0.717) is 23.2 Å². The van der Waals surface area contributed by atoms with Crippen LogP contribution in [0.15, 0.2) is 24.8 Å². The lowest BCUT2D eigenvalue weighted by atomic mass is 10.2. The maximum absolute atomic E-state index is 6.05. The first kappa shape index (κ1) is 16.7. The van der Waals surface area contributed by atoms with Crippen molar-refractivity contribution in [2.24, 2.45) is 0 Å². The third kappa shape index (κ3) is 6.09. The molecule has 1 rings (SSSR count). The Balaban J connectivity index is 2.79. The summed E-state index contributed by atoms with van der Waals surface area (Å²) in [5, 5.41) is 1.03. The first-order valence-electron chi connectivity index (χ1n) is 5.96. The smallest absolute Gasteiger partial charge is 0.125 e. The molecule has 5 heteroatoms. The van der Waals surface area contributed by atoms with Crippen LogP contribution < -0.4 is 9.46 Å². The molecule has 19 heavy (non-hydrogen) atoms. The van der Waals surface area contributed by atoms with E-state index in [0.717, 1.165) is 11.3 Å². The monoisotopic (exact) mass is 319 g/mol. The highest BCUT2D eigenvalue weighted by Gasteiger charge is 2.12. The van der Waals surface area contributed by atoms with Crippen molar-refractivity contribution in [1.82, 2.24) is 4.72 Å². The van der Waals surface area contributed by atoms with Gasteiger partial charge < -0.3 is 4.74 Å². The predicted molar refractivity (Wildman–Crippen MR) is 86.3 cm³/mol. The van der Waals surface area contributed by atoms with Crippen LogP contribution in [0.1, 0.15) is 26.3 Å². The summed E-state index contributed by atoms with van der Waals surface area (Å²) in [6.45, 7) is 11.2. The summed E-state index contributed by atoms with van der Waals surface area (Å²) in [5.41, 5.74) is 0.980. The quantitative estimate of drug-likeness (QED) is 0.582. The number of ether oxygens (including phenoxy) is 1. The molecule has 2 nitrogen and oxygen atoms in total. The van der Waals surface area contributed by atoms with Gasteiger partial charge in [-0.15, -0.1) is 0 Å². The molecule has 0 heterocycles. The number of benzene rings is 1. The second-order valence-corrected chi connectivity index (χ2v) is 7.54. The average Bonchev–Trinajstić information content (AvgIpc) is 2.30. The van der Waals surface area contributed by atoms with Crippen LogP contribution in [0.5, 0.6) is 5.75 Å². The summed E-state index contributed by atoms with van der Waals surface area (Å²) in [6.07, 6.45) is 1.70. The zero-order chi connectivity index (χ0) is 14.5. The van der Waals surface area contributed by atoms with Crippen LogP contribution in [-0.4, -0.2) is 11.4 Å². The minimum absolute atomic E-state index is 0.151. The Kier molecular flexibility index (Phi) is 6.54. The van der Waals surface area contributed by atoms with Crippen molar-refractivity contribution >= 4 is 35.1 Å². The SMILES string of the molecule is C=CCOc1cc(Cl)c(Cl)cc1CNSC(C)(C)C. The molecule has 0 fully saturated rings. The molecule has 1 aromatic rings.